The lowest BCUT2D eigenvalue weighted by molar-refractivity contribution is 0.0246. The van der Waals surface area contributed by atoms with E-state index >= 15 is 0 Å². The van der Waals surface area contributed by atoms with Gasteiger partial charge in [-0.3, -0.25) is 4.90 Å². The zero-order valence-electron chi connectivity index (χ0n) is 10.7. The second-order valence-electron chi connectivity index (χ2n) is 5.30. The van der Waals surface area contributed by atoms with Crippen molar-refractivity contribution in [2.75, 3.05) is 26.2 Å². The maximum absolute atomic E-state index is 5.90. The molecule has 0 amide bonds. The summed E-state index contributed by atoms with van der Waals surface area (Å²) in [5, 5.41) is 3.57. The first-order valence-electron chi connectivity index (χ1n) is 6.89. The van der Waals surface area contributed by atoms with Crippen molar-refractivity contribution >= 4 is 0 Å². The van der Waals surface area contributed by atoms with Crippen molar-refractivity contribution in [1.29, 1.82) is 0 Å². The lowest BCUT2D eigenvalue weighted by Gasteiger charge is -2.34. The van der Waals surface area contributed by atoms with Gasteiger partial charge in [0, 0.05) is 19.1 Å². The molecule has 2 heterocycles. The minimum Gasteiger partial charge on any atom is -0.374 e. The number of piperidine rings is 1. The Hall–Kier alpha value is -0.120. The summed E-state index contributed by atoms with van der Waals surface area (Å²) in [5.41, 5.74) is 0. The maximum atomic E-state index is 5.90. The van der Waals surface area contributed by atoms with Crippen molar-refractivity contribution in [2.24, 2.45) is 0 Å². The van der Waals surface area contributed by atoms with Gasteiger partial charge >= 0.3 is 0 Å². The Bertz CT molecular complexity index is 208. The normalized spacial score (nSPS) is 36.8. The minimum absolute atomic E-state index is 0.486. The summed E-state index contributed by atoms with van der Waals surface area (Å²) in [7, 11) is 0. The molecule has 1 N–H and O–H groups in total. The van der Waals surface area contributed by atoms with Crippen molar-refractivity contribution < 1.29 is 4.74 Å². The SMILES string of the molecule is CCNC1CCCN(CC2CCC(C)O2)C1. The van der Waals surface area contributed by atoms with E-state index in [1.807, 2.05) is 0 Å². The summed E-state index contributed by atoms with van der Waals surface area (Å²) in [6.07, 6.45) is 6.15. The molecule has 2 fully saturated rings. The average Bonchev–Trinajstić information content (AvgIpc) is 2.65. The van der Waals surface area contributed by atoms with Crippen molar-refractivity contribution in [1.82, 2.24) is 10.2 Å². The van der Waals surface area contributed by atoms with Gasteiger partial charge in [0.2, 0.25) is 0 Å². The summed E-state index contributed by atoms with van der Waals surface area (Å²) < 4.78 is 5.90. The van der Waals surface area contributed by atoms with Crippen molar-refractivity contribution in [3.8, 4) is 0 Å². The molecule has 0 aromatic carbocycles. The van der Waals surface area contributed by atoms with Crippen LogP contribution in [0.25, 0.3) is 0 Å². The highest BCUT2D eigenvalue weighted by Gasteiger charge is 2.26. The molecule has 94 valence electrons. The molecule has 3 unspecified atom stereocenters. The van der Waals surface area contributed by atoms with Crippen LogP contribution in [0.2, 0.25) is 0 Å². The first-order chi connectivity index (χ1) is 7.78. The molecule has 0 radical (unpaired) electrons. The third-order valence-corrected chi connectivity index (χ3v) is 3.78. The predicted molar refractivity (Wildman–Crippen MR) is 66.7 cm³/mol. The van der Waals surface area contributed by atoms with E-state index in [0.29, 0.717) is 18.2 Å². The molecule has 0 aliphatic carbocycles. The lowest BCUT2D eigenvalue weighted by atomic mass is 10.0. The average molecular weight is 226 g/mol. The van der Waals surface area contributed by atoms with Gasteiger partial charge in [0.1, 0.15) is 0 Å². The zero-order chi connectivity index (χ0) is 11.4. The molecule has 3 heteroatoms. The van der Waals surface area contributed by atoms with E-state index in [1.165, 1.54) is 38.8 Å². The molecule has 16 heavy (non-hydrogen) atoms. The highest BCUT2D eigenvalue weighted by Crippen LogP contribution is 2.21. The minimum atomic E-state index is 0.486. The number of nitrogens with zero attached hydrogens (tertiary/aromatic N) is 1. The summed E-state index contributed by atoms with van der Waals surface area (Å²) >= 11 is 0. The second-order valence-corrected chi connectivity index (χ2v) is 5.30. The molecule has 3 nitrogen and oxygen atoms in total. The summed E-state index contributed by atoms with van der Waals surface area (Å²) in [5.74, 6) is 0. The smallest absolute Gasteiger partial charge is 0.0706 e. The molecule has 0 bridgehead atoms. The van der Waals surface area contributed by atoms with E-state index < -0.39 is 0 Å². The molecular weight excluding hydrogens is 200 g/mol. The van der Waals surface area contributed by atoms with Crippen LogP contribution in [0.3, 0.4) is 0 Å². The van der Waals surface area contributed by atoms with Crippen LogP contribution in [0.5, 0.6) is 0 Å². The number of hydrogen-bond acceptors (Lipinski definition) is 3. The van der Waals surface area contributed by atoms with Gasteiger partial charge in [-0.15, -0.1) is 0 Å². The third-order valence-electron chi connectivity index (χ3n) is 3.78. The van der Waals surface area contributed by atoms with Gasteiger partial charge in [-0.25, -0.2) is 0 Å². The number of nitrogens with one attached hydrogen (secondary N) is 1. The first-order valence-corrected chi connectivity index (χ1v) is 6.89. The molecular formula is C13H26N2O. The lowest BCUT2D eigenvalue weighted by Crippen LogP contribution is -2.47. The molecule has 2 saturated heterocycles. The van der Waals surface area contributed by atoms with Gasteiger partial charge in [0.25, 0.3) is 0 Å². The van der Waals surface area contributed by atoms with Crippen LogP contribution >= 0.6 is 0 Å². The molecule has 0 spiro atoms. The van der Waals surface area contributed by atoms with Crippen LogP contribution in [0.4, 0.5) is 0 Å². The molecule has 0 aromatic rings. The zero-order valence-corrected chi connectivity index (χ0v) is 10.7. The number of hydrogen-bond donors (Lipinski definition) is 1. The number of rotatable bonds is 4. The predicted octanol–water partition coefficient (Wildman–Crippen LogP) is 1.63. The van der Waals surface area contributed by atoms with Gasteiger partial charge in [0.15, 0.2) is 0 Å². The van der Waals surface area contributed by atoms with E-state index in [2.05, 4.69) is 24.1 Å². The van der Waals surface area contributed by atoms with Crippen LogP contribution in [-0.4, -0.2) is 49.3 Å². The topological polar surface area (TPSA) is 24.5 Å². The number of likely N-dealkylation sites (tertiary alicyclic amines) is 1. The van der Waals surface area contributed by atoms with Gasteiger partial charge in [-0.2, -0.15) is 0 Å². The monoisotopic (exact) mass is 226 g/mol. The molecule has 0 saturated carbocycles. The standard InChI is InChI=1S/C13H26N2O/c1-3-14-12-5-4-8-15(9-12)10-13-7-6-11(2)16-13/h11-14H,3-10H2,1-2H3. The van der Waals surface area contributed by atoms with Crippen LogP contribution in [-0.2, 0) is 4.74 Å². The number of likely N-dealkylation sites (N-methyl/N-ethyl adjacent to an activating group) is 1. The van der Waals surface area contributed by atoms with Crippen LogP contribution in [0.15, 0.2) is 0 Å². The fraction of sp³-hybridized carbons (Fsp3) is 1.00. The van der Waals surface area contributed by atoms with Crippen molar-refractivity contribution in [2.45, 2.75) is 57.8 Å². The van der Waals surface area contributed by atoms with Crippen molar-refractivity contribution in [3.05, 3.63) is 0 Å². The maximum Gasteiger partial charge on any atom is 0.0706 e. The molecule has 2 rings (SSSR count). The molecule has 0 aromatic heterocycles. The molecule has 2 aliphatic heterocycles. The highest BCUT2D eigenvalue weighted by molar-refractivity contribution is 4.81. The van der Waals surface area contributed by atoms with E-state index in [4.69, 9.17) is 4.74 Å². The first kappa shape index (κ1) is 12.3. The quantitative estimate of drug-likeness (QED) is 0.788. The number of ether oxygens (including phenoxy) is 1. The van der Waals surface area contributed by atoms with E-state index in [-0.39, 0.29) is 0 Å². The van der Waals surface area contributed by atoms with Crippen LogP contribution in [0, 0.1) is 0 Å². The second kappa shape index (κ2) is 5.99. The summed E-state index contributed by atoms with van der Waals surface area (Å²) in [4.78, 5) is 2.58. The fourth-order valence-corrected chi connectivity index (χ4v) is 2.98. The Kier molecular flexibility index (Phi) is 4.62. The third kappa shape index (κ3) is 3.44. The van der Waals surface area contributed by atoms with Gasteiger partial charge < -0.3 is 10.1 Å². The fourth-order valence-electron chi connectivity index (χ4n) is 2.98. The van der Waals surface area contributed by atoms with Gasteiger partial charge in [-0.1, -0.05) is 6.92 Å². The molecule has 3 atom stereocenters. The van der Waals surface area contributed by atoms with Gasteiger partial charge in [0.05, 0.1) is 12.2 Å². The Labute approximate surface area is 99.5 Å². The highest BCUT2D eigenvalue weighted by atomic mass is 16.5. The van der Waals surface area contributed by atoms with E-state index in [9.17, 15) is 0 Å². The van der Waals surface area contributed by atoms with E-state index in [1.54, 1.807) is 0 Å². The largest absolute Gasteiger partial charge is 0.374 e. The Morgan fingerprint density at radius 1 is 1.31 bits per heavy atom. The Morgan fingerprint density at radius 3 is 2.88 bits per heavy atom. The molecule has 2 aliphatic rings. The summed E-state index contributed by atoms with van der Waals surface area (Å²) in [6, 6.07) is 0.706. The van der Waals surface area contributed by atoms with Gasteiger partial charge in [-0.05, 0) is 45.7 Å². The van der Waals surface area contributed by atoms with Crippen LogP contribution in [0.1, 0.15) is 39.5 Å². The Balaban J connectivity index is 1.72. The van der Waals surface area contributed by atoms with Crippen LogP contribution < -0.4 is 5.32 Å². The Morgan fingerprint density at radius 2 is 2.19 bits per heavy atom. The summed E-state index contributed by atoms with van der Waals surface area (Å²) in [6.45, 7) is 9.10. The van der Waals surface area contributed by atoms with E-state index in [0.717, 1.165) is 13.1 Å². The van der Waals surface area contributed by atoms with Crippen molar-refractivity contribution in [3.63, 3.8) is 0 Å².